The molecule has 4 rings (SSSR count). The second-order valence-corrected chi connectivity index (χ2v) is 6.29. The number of fused-ring (bicyclic) bond motifs is 1. The third kappa shape index (κ3) is 3.44. The fourth-order valence-electron chi connectivity index (χ4n) is 2.37. The lowest BCUT2D eigenvalue weighted by molar-refractivity contribution is 0.0686. The number of hydrogen-bond acceptors (Lipinski definition) is 7. The number of nitrogens with zero attached hydrogens (tertiary/aromatic N) is 3. The Morgan fingerprint density at radius 2 is 1.88 bits per heavy atom. The van der Waals surface area contributed by atoms with Crippen LogP contribution in [0, 0.1) is 11.3 Å². The molecule has 1 aromatic heterocycles. The van der Waals surface area contributed by atoms with Gasteiger partial charge in [-0.15, -0.1) is 10.2 Å². The Morgan fingerprint density at radius 1 is 1.08 bits per heavy atom. The van der Waals surface area contributed by atoms with Crippen molar-refractivity contribution in [2.75, 3.05) is 6.61 Å². The van der Waals surface area contributed by atoms with Gasteiger partial charge in [0.05, 0.1) is 11.6 Å². The van der Waals surface area contributed by atoms with E-state index in [-0.39, 0.29) is 0 Å². The molecule has 1 unspecified atom stereocenters. The molecule has 0 saturated heterocycles. The first-order valence-corrected chi connectivity index (χ1v) is 8.64. The Morgan fingerprint density at radius 3 is 2.68 bits per heavy atom. The van der Waals surface area contributed by atoms with Crippen LogP contribution in [0.4, 0.5) is 0 Å². The summed E-state index contributed by atoms with van der Waals surface area (Å²) < 4.78 is 17.2. The molecule has 0 bridgehead atoms. The highest BCUT2D eigenvalue weighted by Gasteiger charge is 2.27. The zero-order valence-corrected chi connectivity index (χ0v) is 13.9. The van der Waals surface area contributed by atoms with Crippen molar-refractivity contribution in [3.63, 3.8) is 0 Å². The average molecular weight is 351 g/mol. The van der Waals surface area contributed by atoms with Crippen LogP contribution in [-0.4, -0.2) is 16.8 Å². The minimum Gasteiger partial charge on any atom is -0.485 e. The number of aromatic nitrogens is 2. The summed E-state index contributed by atoms with van der Waals surface area (Å²) >= 11 is 1.44. The molecular weight excluding hydrogens is 338 g/mol. The van der Waals surface area contributed by atoms with E-state index in [1.165, 1.54) is 11.8 Å². The maximum absolute atomic E-state index is 8.81. The Bertz CT molecular complexity index is 918. The molecule has 2 aromatic carbocycles. The van der Waals surface area contributed by atoms with Crippen molar-refractivity contribution in [2.45, 2.75) is 17.1 Å². The van der Waals surface area contributed by atoms with Gasteiger partial charge < -0.3 is 13.9 Å². The molecule has 0 aliphatic carbocycles. The van der Waals surface area contributed by atoms with Gasteiger partial charge in [-0.2, -0.15) is 5.26 Å². The van der Waals surface area contributed by atoms with E-state index >= 15 is 0 Å². The minimum absolute atomic E-state index is 0.332. The van der Waals surface area contributed by atoms with Crippen molar-refractivity contribution in [2.24, 2.45) is 0 Å². The Hall–Kier alpha value is -2.98. The van der Waals surface area contributed by atoms with E-state index in [1.807, 2.05) is 36.4 Å². The van der Waals surface area contributed by atoms with Crippen molar-refractivity contribution in [3.8, 4) is 17.6 Å². The fourth-order valence-corrected chi connectivity index (χ4v) is 3.10. The summed E-state index contributed by atoms with van der Waals surface area (Å²) in [7, 11) is 0. The van der Waals surface area contributed by atoms with Crippen LogP contribution in [0.2, 0.25) is 0 Å². The maximum Gasteiger partial charge on any atom is 0.277 e. The van der Waals surface area contributed by atoms with Gasteiger partial charge >= 0.3 is 0 Å². The molecule has 124 valence electrons. The van der Waals surface area contributed by atoms with E-state index in [4.69, 9.17) is 19.2 Å². The number of para-hydroxylation sites is 2. The van der Waals surface area contributed by atoms with Crippen LogP contribution in [0.25, 0.3) is 0 Å². The van der Waals surface area contributed by atoms with Crippen LogP contribution in [0.1, 0.15) is 23.1 Å². The predicted octanol–water partition coefficient (Wildman–Crippen LogP) is 3.75. The van der Waals surface area contributed by atoms with Gasteiger partial charge in [0.1, 0.15) is 6.61 Å². The first-order chi connectivity index (χ1) is 12.3. The van der Waals surface area contributed by atoms with E-state index in [0.717, 1.165) is 5.56 Å². The van der Waals surface area contributed by atoms with Gasteiger partial charge in [0, 0.05) is 5.75 Å². The smallest absolute Gasteiger partial charge is 0.277 e. The topological polar surface area (TPSA) is 81.2 Å². The van der Waals surface area contributed by atoms with Gasteiger partial charge in [-0.3, -0.25) is 0 Å². The molecule has 0 N–H and O–H groups in total. The van der Waals surface area contributed by atoms with Crippen molar-refractivity contribution in [3.05, 3.63) is 65.5 Å². The molecule has 0 radical (unpaired) electrons. The second-order valence-electron chi connectivity index (χ2n) is 5.37. The fraction of sp³-hybridized carbons (Fsp3) is 0.167. The quantitative estimate of drug-likeness (QED) is 0.662. The predicted molar refractivity (Wildman–Crippen MR) is 90.3 cm³/mol. The standard InChI is InChI=1S/C18H13N3O3S/c19-9-12-5-7-13(8-6-12)11-25-18-21-20-17(24-18)16-10-22-14-3-1-2-4-15(14)23-16/h1-8,16H,10-11H2. The zero-order chi connectivity index (χ0) is 17.1. The number of rotatable bonds is 4. The number of thioether (sulfide) groups is 1. The van der Waals surface area contributed by atoms with Crippen LogP contribution in [0.3, 0.4) is 0 Å². The van der Waals surface area contributed by atoms with Gasteiger partial charge in [0.2, 0.25) is 6.10 Å². The molecule has 3 aromatic rings. The molecule has 1 atom stereocenters. The summed E-state index contributed by atoms with van der Waals surface area (Å²) in [5, 5.41) is 17.4. The van der Waals surface area contributed by atoms with Crippen LogP contribution in [0.5, 0.6) is 11.5 Å². The van der Waals surface area contributed by atoms with E-state index < -0.39 is 6.10 Å². The number of nitriles is 1. The highest BCUT2D eigenvalue weighted by Crippen LogP contribution is 2.36. The maximum atomic E-state index is 8.81. The molecule has 2 heterocycles. The normalized spacial score (nSPS) is 15.6. The highest BCUT2D eigenvalue weighted by atomic mass is 32.2. The molecule has 0 saturated carbocycles. The largest absolute Gasteiger partial charge is 0.485 e. The molecule has 1 aliphatic heterocycles. The summed E-state index contributed by atoms with van der Waals surface area (Å²) in [6.07, 6.45) is -0.410. The highest BCUT2D eigenvalue weighted by molar-refractivity contribution is 7.98. The average Bonchev–Trinajstić information content (AvgIpc) is 3.15. The van der Waals surface area contributed by atoms with Gasteiger partial charge in [-0.25, -0.2) is 0 Å². The lowest BCUT2D eigenvalue weighted by atomic mass is 10.2. The van der Waals surface area contributed by atoms with E-state index in [2.05, 4.69) is 16.3 Å². The Balaban J connectivity index is 1.40. The lowest BCUT2D eigenvalue weighted by Gasteiger charge is -2.23. The number of ether oxygens (including phenoxy) is 2. The summed E-state index contributed by atoms with van der Waals surface area (Å²) in [6, 6.07) is 17.0. The summed E-state index contributed by atoms with van der Waals surface area (Å²) in [4.78, 5) is 0. The van der Waals surface area contributed by atoms with Crippen LogP contribution in [-0.2, 0) is 5.75 Å². The molecule has 25 heavy (non-hydrogen) atoms. The zero-order valence-electron chi connectivity index (χ0n) is 13.1. The van der Waals surface area contributed by atoms with Crippen LogP contribution < -0.4 is 9.47 Å². The third-order valence-electron chi connectivity index (χ3n) is 3.65. The molecule has 0 spiro atoms. The third-order valence-corrected chi connectivity index (χ3v) is 4.54. The number of hydrogen-bond donors (Lipinski definition) is 0. The second kappa shape index (κ2) is 6.87. The summed E-state index contributed by atoms with van der Waals surface area (Å²) in [5.74, 6) is 2.47. The minimum atomic E-state index is -0.410. The van der Waals surface area contributed by atoms with Crippen molar-refractivity contribution >= 4 is 11.8 Å². The molecule has 7 heteroatoms. The van der Waals surface area contributed by atoms with E-state index in [9.17, 15) is 0 Å². The lowest BCUT2D eigenvalue weighted by Crippen LogP contribution is -2.21. The Labute approximate surface area is 148 Å². The van der Waals surface area contributed by atoms with E-state index in [1.54, 1.807) is 12.1 Å². The van der Waals surface area contributed by atoms with Gasteiger partial charge in [0.25, 0.3) is 11.1 Å². The monoisotopic (exact) mass is 351 g/mol. The summed E-state index contributed by atoms with van der Waals surface area (Å²) in [5.41, 5.74) is 1.72. The van der Waals surface area contributed by atoms with Crippen LogP contribution in [0.15, 0.2) is 58.2 Å². The molecule has 6 nitrogen and oxygen atoms in total. The SMILES string of the molecule is N#Cc1ccc(CSc2nnc(C3COc4ccccc4O3)o2)cc1. The van der Waals surface area contributed by atoms with Crippen molar-refractivity contribution < 1.29 is 13.9 Å². The van der Waals surface area contributed by atoms with E-state index in [0.29, 0.717) is 40.5 Å². The van der Waals surface area contributed by atoms with Crippen molar-refractivity contribution in [1.82, 2.24) is 10.2 Å². The first kappa shape index (κ1) is 15.5. The van der Waals surface area contributed by atoms with Crippen LogP contribution >= 0.6 is 11.8 Å². The first-order valence-electron chi connectivity index (χ1n) is 7.65. The van der Waals surface area contributed by atoms with Gasteiger partial charge in [-0.1, -0.05) is 36.0 Å². The molecular formula is C18H13N3O3S. The summed E-state index contributed by atoms with van der Waals surface area (Å²) in [6.45, 7) is 0.332. The van der Waals surface area contributed by atoms with Gasteiger partial charge in [0.15, 0.2) is 11.5 Å². The van der Waals surface area contributed by atoms with Gasteiger partial charge in [-0.05, 0) is 29.8 Å². The molecule has 0 fully saturated rings. The Kier molecular flexibility index (Phi) is 4.27. The molecule has 0 amide bonds. The van der Waals surface area contributed by atoms with Crippen molar-refractivity contribution in [1.29, 1.82) is 5.26 Å². The number of benzene rings is 2. The molecule has 1 aliphatic rings.